The predicted molar refractivity (Wildman–Crippen MR) is 107 cm³/mol. The summed E-state index contributed by atoms with van der Waals surface area (Å²) >= 11 is 0. The number of nitrogens with zero attached hydrogens (tertiary/aromatic N) is 1. The van der Waals surface area contributed by atoms with E-state index in [1.54, 1.807) is 7.05 Å². The quantitative estimate of drug-likeness (QED) is 0.297. The second-order valence-electron chi connectivity index (χ2n) is 5.32. The minimum atomic E-state index is -2.93. The number of benzene rings is 1. The highest BCUT2D eigenvalue weighted by molar-refractivity contribution is 14.0. The number of sulfone groups is 1. The van der Waals surface area contributed by atoms with Crippen LogP contribution in [0.25, 0.3) is 0 Å². The molecule has 0 saturated heterocycles. The Hall–Kier alpha value is -1.23. The molecule has 7 nitrogen and oxygen atoms in total. The second-order valence-corrected chi connectivity index (χ2v) is 7.58. The zero-order valence-electron chi connectivity index (χ0n) is 13.9. The van der Waals surface area contributed by atoms with E-state index in [1.807, 2.05) is 18.2 Å². The van der Waals surface area contributed by atoms with Crippen molar-refractivity contribution in [2.75, 3.05) is 44.1 Å². The summed E-state index contributed by atoms with van der Waals surface area (Å²) in [6.07, 6.45) is 2.62. The van der Waals surface area contributed by atoms with E-state index < -0.39 is 9.84 Å². The average molecular weight is 469 g/mol. The molecule has 2 rings (SSSR count). The average Bonchev–Trinajstić information content (AvgIpc) is 2.74. The molecule has 0 atom stereocenters. The highest BCUT2D eigenvalue weighted by Crippen LogP contribution is 2.32. The minimum absolute atomic E-state index is 0. The Morgan fingerprint density at radius 1 is 1.25 bits per heavy atom. The van der Waals surface area contributed by atoms with E-state index in [2.05, 4.69) is 15.6 Å². The van der Waals surface area contributed by atoms with Crippen molar-refractivity contribution in [1.82, 2.24) is 5.32 Å². The summed E-state index contributed by atoms with van der Waals surface area (Å²) in [6, 6.07) is 5.61. The van der Waals surface area contributed by atoms with Crippen LogP contribution in [0, 0.1) is 0 Å². The van der Waals surface area contributed by atoms with Crippen LogP contribution < -0.4 is 20.1 Å². The van der Waals surface area contributed by atoms with Crippen LogP contribution in [-0.2, 0) is 9.84 Å². The van der Waals surface area contributed by atoms with Crippen LogP contribution >= 0.6 is 24.0 Å². The van der Waals surface area contributed by atoms with E-state index in [-0.39, 0.29) is 29.7 Å². The molecule has 1 aromatic rings. The lowest BCUT2D eigenvalue weighted by Gasteiger charge is -2.13. The molecule has 2 N–H and O–H groups in total. The number of guanidine groups is 1. The van der Waals surface area contributed by atoms with Gasteiger partial charge >= 0.3 is 0 Å². The number of hydrogen-bond donors (Lipinski definition) is 2. The van der Waals surface area contributed by atoms with E-state index in [0.717, 1.165) is 17.9 Å². The maximum atomic E-state index is 11.1. The maximum absolute atomic E-state index is 11.1. The summed E-state index contributed by atoms with van der Waals surface area (Å²) in [6.45, 7) is 1.82. The largest absolute Gasteiger partial charge is 0.490 e. The topological polar surface area (TPSA) is 89.0 Å². The van der Waals surface area contributed by atoms with Crippen molar-refractivity contribution < 1.29 is 17.9 Å². The lowest BCUT2D eigenvalue weighted by atomic mass is 10.3. The summed E-state index contributed by atoms with van der Waals surface area (Å²) in [7, 11) is -1.27. The molecule has 1 aliphatic heterocycles. The number of aliphatic imine (C=N–C) groups is 1. The van der Waals surface area contributed by atoms with Crippen LogP contribution in [0.1, 0.15) is 12.8 Å². The summed E-state index contributed by atoms with van der Waals surface area (Å²) in [4.78, 5) is 4.12. The van der Waals surface area contributed by atoms with Gasteiger partial charge in [0.05, 0.1) is 19.0 Å². The summed E-state index contributed by atoms with van der Waals surface area (Å²) < 4.78 is 33.4. The van der Waals surface area contributed by atoms with Crippen molar-refractivity contribution in [2.45, 2.75) is 12.8 Å². The van der Waals surface area contributed by atoms with E-state index in [0.29, 0.717) is 37.9 Å². The van der Waals surface area contributed by atoms with Crippen LogP contribution in [0.2, 0.25) is 0 Å². The Balaban J connectivity index is 0.00000288. The van der Waals surface area contributed by atoms with Gasteiger partial charge in [0.2, 0.25) is 0 Å². The molecule has 0 bridgehead atoms. The number of ether oxygens (including phenoxy) is 2. The number of nitrogens with one attached hydrogen (secondary N) is 2. The molecule has 0 saturated carbocycles. The van der Waals surface area contributed by atoms with Gasteiger partial charge in [0.1, 0.15) is 9.84 Å². The Kier molecular flexibility index (Phi) is 8.60. The van der Waals surface area contributed by atoms with E-state index in [9.17, 15) is 8.42 Å². The molecule has 24 heavy (non-hydrogen) atoms. The van der Waals surface area contributed by atoms with Gasteiger partial charge in [-0.2, -0.15) is 0 Å². The molecule has 0 amide bonds. The zero-order valence-corrected chi connectivity index (χ0v) is 17.0. The van der Waals surface area contributed by atoms with E-state index in [1.165, 1.54) is 6.26 Å². The molecular formula is C15H24IN3O4S. The fraction of sp³-hybridized carbons (Fsp3) is 0.533. The lowest BCUT2D eigenvalue weighted by molar-refractivity contribution is 0.297. The third kappa shape index (κ3) is 7.12. The molecule has 0 spiro atoms. The van der Waals surface area contributed by atoms with Gasteiger partial charge in [0.25, 0.3) is 0 Å². The van der Waals surface area contributed by atoms with Crippen molar-refractivity contribution in [3.63, 3.8) is 0 Å². The number of hydrogen-bond acceptors (Lipinski definition) is 5. The Morgan fingerprint density at radius 3 is 2.62 bits per heavy atom. The van der Waals surface area contributed by atoms with Crippen molar-refractivity contribution >= 4 is 45.5 Å². The predicted octanol–water partition coefficient (Wildman–Crippen LogP) is 1.89. The SMILES string of the molecule is CN=C(NCCCS(C)(=O)=O)Nc1ccc2c(c1)OCCCO2.I. The van der Waals surface area contributed by atoms with Crippen LogP contribution in [0.4, 0.5) is 5.69 Å². The van der Waals surface area contributed by atoms with Gasteiger partial charge in [-0.05, 0) is 18.6 Å². The highest BCUT2D eigenvalue weighted by atomic mass is 127. The van der Waals surface area contributed by atoms with E-state index in [4.69, 9.17) is 9.47 Å². The van der Waals surface area contributed by atoms with Crippen molar-refractivity contribution in [3.8, 4) is 11.5 Å². The van der Waals surface area contributed by atoms with Crippen molar-refractivity contribution in [1.29, 1.82) is 0 Å². The maximum Gasteiger partial charge on any atom is 0.195 e. The third-order valence-corrected chi connectivity index (χ3v) is 4.25. The Labute approximate surface area is 160 Å². The Bertz CT molecular complexity index is 665. The number of anilines is 1. The van der Waals surface area contributed by atoms with Gasteiger partial charge in [-0.25, -0.2) is 8.42 Å². The van der Waals surface area contributed by atoms with Gasteiger partial charge < -0.3 is 20.1 Å². The second kappa shape index (κ2) is 9.92. The van der Waals surface area contributed by atoms with Crippen molar-refractivity contribution in [3.05, 3.63) is 18.2 Å². The first kappa shape index (κ1) is 20.8. The van der Waals surface area contributed by atoms with Crippen LogP contribution in [-0.4, -0.2) is 53.2 Å². The first-order chi connectivity index (χ1) is 11.0. The first-order valence-corrected chi connectivity index (χ1v) is 9.59. The van der Waals surface area contributed by atoms with Crippen LogP contribution in [0.15, 0.2) is 23.2 Å². The first-order valence-electron chi connectivity index (χ1n) is 7.53. The van der Waals surface area contributed by atoms with Gasteiger partial charge in [-0.1, -0.05) is 0 Å². The fourth-order valence-electron chi connectivity index (χ4n) is 2.10. The fourth-order valence-corrected chi connectivity index (χ4v) is 2.77. The molecule has 0 fully saturated rings. The molecule has 0 radical (unpaired) electrons. The molecule has 136 valence electrons. The monoisotopic (exact) mass is 469 g/mol. The third-order valence-electron chi connectivity index (χ3n) is 3.22. The number of rotatable bonds is 5. The van der Waals surface area contributed by atoms with Gasteiger partial charge in [-0.15, -0.1) is 24.0 Å². The molecule has 1 aliphatic rings. The minimum Gasteiger partial charge on any atom is -0.490 e. The molecule has 0 aliphatic carbocycles. The zero-order chi connectivity index (χ0) is 16.7. The lowest BCUT2D eigenvalue weighted by Crippen LogP contribution is -2.32. The molecule has 1 heterocycles. The summed E-state index contributed by atoms with van der Waals surface area (Å²) in [5.74, 6) is 2.18. The molecule has 0 aromatic heterocycles. The van der Waals surface area contributed by atoms with E-state index >= 15 is 0 Å². The van der Waals surface area contributed by atoms with Crippen molar-refractivity contribution in [2.24, 2.45) is 4.99 Å². The number of halogens is 1. The number of fused-ring (bicyclic) bond motifs is 1. The Morgan fingerprint density at radius 2 is 1.96 bits per heavy atom. The molecular weight excluding hydrogens is 445 g/mol. The molecule has 0 unspecified atom stereocenters. The summed E-state index contributed by atoms with van der Waals surface area (Å²) in [5, 5.41) is 6.24. The standard InChI is InChI=1S/C15H23N3O4S.HI/c1-16-15(17-7-3-10-23(2,19)20)18-12-5-6-13-14(11-12)22-9-4-8-21-13;/h5-6,11H,3-4,7-10H2,1-2H3,(H2,16,17,18);1H. The summed E-state index contributed by atoms with van der Waals surface area (Å²) in [5.41, 5.74) is 0.825. The molecule has 9 heteroatoms. The van der Waals surface area contributed by atoms with Gasteiger partial charge in [0, 0.05) is 38.0 Å². The normalized spacial score (nSPS) is 14.3. The smallest absolute Gasteiger partial charge is 0.195 e. The van der Waals surface area contributed by atoms with Crippen LogP contribution in [0.3, 0.4) is 0 Å². The highest BCUT2D eigenvalue weighted by Gasteiger charge is 2.11. The molecule has 1 aromatic carbocycles. The van der Waals surface area contributed by atoms with Gasteiger partial charge in [-0.3, -0.25) is 4.99 Å². The van der Waals surface area contributed by atoms with Gasteiger partial charge in [0.15, 0.2) is 17.5 Å². The van der Waals surface area contributed by atoms with Crippen LogP contribution in [0.5, 0.6) is 11.5 Å².